The predicted molar refractivity (Wildman–Crippen MR) is 101 cm³/mol. The molecule has 1 N–H and O–H groups in total. The lowest BCUT2D eigenvalue weighted by atomic mass is 10.1. The lowest BCUT2D eigenvalue weighted by Crippen LogP contribution is -2.27. The molecular formula is C21H24N2O2. The van der Waals surface area contributed by atoms with Crippen molar-refractivity contribution in [1.82, 2.24) is 0 Å². The molecule has 0 radical (unpaired) electrons. The summed E-state index contributed by atoms with van der Waals surface area (Å²) in [6, 6.07) is 15.3. The molecule has 1 aliphatic rings. The highest BCUT2D eigenvalue weighted by atomic mass is 16.2. The average molecular weight is 336 g/mol. The van der Waals surface area contributed by atoms with Gasteiger partial charge in [0.05, 0.1) is 11.3 Å². The predicted octanol–water partition coefficient (Wildman–Crippen LogP) is 4.41. The largest absolute Gasteiger partial charge is 0.322 e. The molecule has 1 fully saturated rings. The van der Waals surface area contributed by atoms with Gasteiger partial charge in [-0.3, -0.25) is 9.59 Å². The molecule has 0 saturated carbocycles. The second-order valence-electron chi connectivity index (χ2n) is 6.42. The van der Waals surface area contributed by atoms with Gasteiger partial charge in [0.25, 0.3) is 5.91 Å². The minimum atomic E-state index is -0.184. The Labute approximate surface area is 148 Å². The number of nitrogens with zero attached hydrogens (tertiary/aromatic N) is 1. The van der Waals surface area contributed by atoms with Crippen LogP contribution in [-0.4, -0.2) is 18.4 Å². The Morgan fingerprint density at radius 2 is 1.88 bits per heavy atom. The molecule has 4 nitrogen and oxygen atoms in total. The molecule has 0 bridgehead atoms. The smallest absolute Gasteiger partial charge is 0.257 e. The number of carbonyl (C=O) groups excluding carboxylic acids is 2. The highest BCUT2D eigenvalue weighted by Gasteiger charge is 2.25. The summed E-state index contributed by atoms with van der Waals surface area (Å²) in [5, 5.41) is 2.94. The number of amides is 2. The van der Waals surface area contributed by atoms with Crippen LogP contribution in [0.3, 0.4) is 0 Å². The normalized spacial score (nSPS) is 14.0. The number of benzene rings is 2. The van der Waals surface area contributed by atoms with Gasteiger partial charge in [0.2, 0.25) is 5.91 Å². The third kappa shape index (κ3) is 4.08. The Balaban J connectivity index is 1.74. The van der Waals surface area contributed by atoms with Crippen molar-refractivity contribution in [3.8, 4) is 0 Å². The molecule has 0 aromatic heterocycles. The Hall–Kier alpha value is -2.62. The van der Waals surface area contributed by atoms with Crippen LogP contribution in [0.4, 0.5) is 11.4 Å². The summed E-state index contributed by atoms with van der Waals surface area (Å²) < 4.78 is 0. The maximum absolute atomic E-state index is 12.7. The van der Waals surface area contributed by atoms with E-state index < -0.39 is 0 Å². The lowest BCUT2D eigenvalue weighted by molar-refractivity contribution is -0.117. The number of hydrogen-bond acceptors (Lipinski definition) is 2. The number of anilines is 2. The average Bonchev–Trinajstić information content (AvgIpc) is 3.07. The topological polar surface area (TPSA) is 49.4 Å². The Bertz CT molecular complexity index is 753. The minimum absolute atomic E-state index is 0.0838. The first-order valence-electron chi connectivity index (χ1n) is 8.98. The Kier molecular flexibility index (Phi) is 5.49. The molecule has 0 unspecified atom stereocenters. The van der Waals surface area contributed by atoms with Crippen molar-refractivity contribution in [2.75, 3.05) is 16.8 Å². The van der Waals surface area contributed by atoms with Crippen molar-refractivity contribution in [2.24, 2.45) is 0 Å². The highest BCUT2D eigenvalue weighted by Crippen LogP contribution is 2.26. The van der Waals surface area contributed by atoms with Gasteiger partial charge in [-0.25, -0.2) is 0 Å². The molecule has 2 aromatic rings. The van der Waals surface area contributed by atoms with Gasteiger partial charge in [-0.15, -0.1) is 0 Å². The van der Waals surface area contributed by atoms with Crippen molar-refractivity contribution >= 4 is 23.2 Å². The SMILES string of the molecule is CCCCc1ccc(NC(=O)c2ccccc2N2CCCC2=O)cc1. The summed E-state index contributed by atoms with van der Waals surface area (Å²) >= 11 is 0. The second kappa shape index (κ2) is 7.97. The van der Waals surface area contributed by atoms with Gasteiger partial charge in [-0.05, 0) is 49.1 Å². The van der Waals surface area contributed by atoms with E-state index in [0.29, 0.717) is 24.2 Å². The third-order valence-electron chi connectivity index (χ3n) is 4.54. The van der Waals surface area contributed by atoms with Gasteiger partial charge in [-0.2, -0.15) is 0 Å². The third-order valence-corrected chi connectivity index (χ3v) is 4.54. The van der Waals surface area contributed by atoms with Gasteiger partial charge in [0, 0.05) is 18.7 Å². The van der Waals surface area contributed by atoms with E-state index >= 15 is 0 Å². The van der Waals surface area contributed by atoms with E-state index in [0.717, 1.165) is 18.5 Å². The molecule has 3 rings (SSSR count). The highest BCUT2D eigenvalue weighted by molar-refractivity contribution is 6.11. The number of hydrogen-bond donors (Lipinski definition) is 1. The Morgan fingerprint density at radius 1 is 1.12 bits per heavy atom. The number of nitrogens with one attached hydrogen (secondary N) is 1. The van der Waals surface area contributed by atoms with Crippen molar-refractivity contribution in [1.29, 1.82) is 0 Å². The van der Waals surface area contributed by atoms with Crippen LogP contribution in [0, 0.1) is 0 Å². The summed E-state index contributed by atoms with van der Waals surface area (Å²) in [4.78, 5) is 26.4. The van der Waals surface area contributed by atoms with E-state index in [1.165, 1.54) is 18.4 Å². The monoisotopic (exact) mass is 336 g/mol. The molecule has 130 valence electrons. The second-order valence-corrected chi connectivity index (χ2v) is 6.42. The van der Waals surface area contributed by atoms with E-state index in [-0.39, 0.29) is 11.8 Å². The van der Waals surface area contributed by atoms with Crippen LogP contribution < -0.4 is 10.2 Å². The van der Waals surface area contributed by atoms with Crippen molar-refractivity contribution in [3.63, 3.8) is 0 Å². The molecule has 1 aliphatic heterocycles. The zero-order valence-corrected chi connectivity index (χ0v) is 14.6. The zero-order chi connectivity index (χ0) is 17.6. The molecule has 1 saturated heterocycles. The quantitative estimate of drug-likeness (QED) is 0.849. The van der Waals surface area contributed by atoms with Crippen molar-refractivity contribution in [2.45, 2.75) is 39.0 Å². The maximum Gasteiger partial charge on any atom is 0.257 e. The molecule has 0 aliphatic carbocycles. The number of rotatable bonds is 6. The Morgan fingerprint density at radius 3 is 2.56 bits per heavy atom. The fourth-order valence-corrected chi connectivity index (χ4v) is 3.14. The van der Waals surface area contributed by atoms with Crippen molar-refractivity contribution < 1.29 is 9.59 Å². The molecule has 2 amide bonds. The van der Waals surface area contributed by atoms with E-state index in [4.69, 9.17) is 0 Å². The molecule has 0 atom stereocenters. The van der Waals surface area contributed by atoms with Crippen LogP contribution in [0.15, 0.2) is 48.5 Å². The van der Waals surface area contributed by atoms with Gasteiger partial charge < -0.3 is 10.2 Å². The van der Waals surface area contributed by atoms with Gasteiger partial charge in [-0.1, -0.05) is 37.6 Å². The molecule has 2 aromatic carbocycles. The summed E-state index contributed by atoms with van der Waals surface area (Å²) in [5.74, 6) is -0.0999. The molecule has 25 heavy (non-hydrogen) atoms. The van der Waals surface area contributed by atoms with Crippen molar-refractivity contribution in [3.05, 3.63) is 59.7 Å². The van der Waals surface area contributed by atoms with Gasteiger partial charge >= 0.3 is 0 Å². The first kappa shape index (κ1) is 17.2. The lowest BCUT2D eigenvalue weighted by Gasteiger charge is -2.19. The van der Waals surface area contributed by atoms with E-state index in [9.17, 15) is 9.59 Å². The molecule has 4 heteroatoms. The van der Waals surface area contributed by atoms with Crippen LogP contribution in [0.5, 0.6) is 0 Å². The summed E-state index contributed by atoms with van der Waals surface area (Å²) in [5.41, 5.74) is 3.28. The van der Waals surface area contributed by atoms with Crippen LogP contribution in [0.25, 0.3) is 0 Å². The van der Waals surface area contributed by atoms with E-state index in [2.05, 4.69) is 24.4 Å². The minimum Gasteiger partial charge on any atom is -0.322 e. The van der Waals surface area contributed by atoms with Crippen LogP contribution in [0.1, 0.15) is 48.5 Å². The summed E-state index contributed by atoms with van der Waals surface area (Å²) in [6.07, 6.45) is 4.79. The number of para-hydroxylation sites is 1. The van der Waals surface area contributed by atoms with E-state index in [1.54, 1.807) is 11.0 Å². The van der Waals surface area contributed by atoms with Gasteiger partial charge in [0.15, 0.2) is 0 Å². The number of unbranched alkanes of at least 4 members (excludes halogenated alkanes) is 1. The molecule has 0 spiro atoms. The fraction of sp³-hybridized carbons (Fsp3) is 0.333. The summed E-state index contributed by atoms with van der Waals surface area (Å²) in [7, 11) is 0. The standard InChI is InChI=1S/C21H24N2O2/c1-2-3-7-16-11-13-17(14-12-16)22-21(25)18-8-4-5-9-19(18)23-15-6-10-20(23)24/h4-5,8-9,11-14H,2-3,6-7,10,15H2,1H3,(H,22,25). The zero-order valence-electron chi connectivity index (χ0n) is 14.6. The number of carbonyl (C=O) groups is 2. The first-order chi connectivity index (χ1) is 12.2. The van der Waals surface area contributed by atoms with Crippen LogP contribution in [-0.2, 0) is 11.2 Å². The number of aryl methyl sites for hydroxylation is 1. The van der Waals surface area contributed by atoms with E-state index in [1.807, 2.05) is 30.3 Å². The fourth-order valence-electron chi connectivity index (χ4n) is 3.14. The molecular weight excluding hydrogens is 312 g/mol. The summed E-state index contributed by atoms with van der Waals surface area (Å²) in [6.45, 7) is 2.85. The van der Waals surface area contributed by atoms with Gasteiger partial charge in [0.1, 0.15) is 0 Å². The van der Waals surface area contributed by atoms with Crippen LogP contribution >= 0.6 is 0 Å². The molecule has 1 heterocycles. The van der Waals surface area contributed by atoms with Crippen LogP contribution in [0.2, 0.25) is 0 Å². The first-order valence-corrected chi connectivity index (χ1v) is 8.98. The maximum atomic E-state index is 12.7.